The van der Waals surface area contributed by atoms with Gasteiger partial charge in [-0.05, 0) is 81.5 Å². The Labute approximate surface area is 236 Å². The standard InChI is InChI=1S/C28H41N5O7/c1-26(2,3)38-23(34)32(19-13-12-14-20(16-19)37-11)21-15-18(17-29-10)30-22(31-21)33(24(35)39-27(4,5)6)25(36)40-28(7,8)9/h12-16,29H,17H2,1-11H3. The van der Waals surface area contributed by atoms with Crippen molar-refractivity contribution in [2.75, 3.05) is 24.0 Å². The highest BCUT2D eigenvalue weighted by Crippen LogP contribution is 2.31. The Kier molecular flexibility index (Phi) is 10.1. The SMILES string of the molecule is CNCc1cc(N(C(=O)OC(C)(C)C)c2cccc(OC)c2)nc(N(C(=O)OC(C)(C)C)C(=O)OC(C)(C)C)n1. The molecule has 0 fully saturated rings. The van der Waals surface area contributed by atoms with Crippen LogP contribution >= 0.6 is 0 Å². The molecule has 0 bridgehead atoms. The van der Waals surface area contributed by atoms with Gasteiger partial charge in [0.25, 0.3) is 0 Å². The third kappa shape index (κ3) is 9.67. The molecule has 2 aromatic rings. The molecule has 2 rings (SSSR count). The molecule has 1 N–H and O–H groups in total. The van der Waals surface area contributed by atoms with Crippen LogP contribution in [0.1, 0.15) is 68.0 Å². The van der Waals surface area contributed by atoms with Crippen molar-refractivity contribution in [3.8, 4) is 5.75 Å². The molecule has 40 heavy (non-hydrogen) atoms. The number of aromatic nitrogens is 2. The highest BCUT2D eigenvalue weighted by molar-refractivity contribution is 6.08. The Morgan fingerprint density at radius 1 is 0.800 bits per heavy atom. The molecule has 1 aromatic carbocycles. The largest absolute Gasteiger partial charge is 0.497 e. The molecular weight excluding hydrogens is 518 g/mol. The number of amides is 3. The molecule has 3 amide bonds. The molecule has 0 aliphatic heterocycles. The van der Waals surface area contributed by atoms with E-state index < -0.39 is 35.1 Å². The Morgan fingerprint density at radius 3 is 1.80 bits per heavy atom. The fourth-order valence-corrected chi connectivity index (χ4v) is 3.20. The fraction of sp³-hybridized carbons (Fsp3) is 0.536. The molecule has 0 saturated carbocycles. The van der Waals surface area contributed by atoms with Gasteiger partial charge in [-0.2, -0.15) is 4.98 Å². The number of hydrogen-bond acceptors (Lipinski definition) is 10. The van der Waals surface area contributed by atoms with Crippen LogP contribution in [0.3, 0.4) is 0 Å². The van der Waals surface area contributed by atoms with Crippen molar-refractivity contribution in [1.29, 1.82) is 0 Å². The van der Waals surface area contributed by atoms with Crippen molar-refractivity contribution in [2.45, 2.75) is 85.7 Å². The van der Waals surface area contributed by atoms with Gasteiger partial charge in [-0.25, -0.2) is 24.3 Å². The number of benzene rings is 1. The van der Waals surface area contributed by atoms with Gasteiger partial charge in [0.15, 0.2) is 0 Å². The van der Waals surface area contributed by atoms with Crippen molar-refractivity contribution in [2.24, 2.45) is 0 Å². The first-order valence-corrected chi connectivity index (χ1v) is 12.8. The number of methoxy groups -OCH3 is 1. The Bertz CT molecular complexity index is 1180. The summed E-state index contributed by atoms with van der Waals surface area (Å²) in [6.45, 7) is 15.4. The molecule has 0 unspecified atom stereocenters. The molecule has 12 heteroatoms. The lowest BCUT2D eigenvalue weighted by atomic mass is 10.2. The minimum Gasteiger partial charge on any atom is -0.497 e. The number of carbonyl (C=O) groups is 3. The predicted molar refractivity (Wildman–Crippen MR) is 151 cm³/mol. The Hall–Kier alpha value is -3.93. The lowest BCUT2D eigenvalue weighted by Crippen LogP contribution is -2.45. The summed E-state index contributed by atoms with van der Waals surface area (Å²) < 4.78 is 22.0. The fourth-order valence-electron chi connectivity index (χ4n) is 3.20. The van der Waals surface area contributed by atoms with E-state index in [4.69, 9.17) is 18.9 Å². The van der Waals surface area contributed by atoms with Gasteiger partial charge in [0.2, 0.25) is 5.95 Å². The van der Waals surface area contributed by atoms with Crippen molar-refractivity contribution < 1.29 is 33.3 Å². The number of imide groups is 1. The quantitative estimate of drug-likeness (QED) is 0.423. The van der Waals surface area contributed by atoms with Gasteiger partial charge in [-0.15, -0.1) is 4.90 Å². The van der Waals surface area contributed by atoms with Gasteiger partial charge >= 0.3 is 18.3 Å². The van der Waals surface area contributed by atoms with E-state index in [1.165, 1.54) is 12.0 Å². The number of anilines is 3. The van der Waals surface area contributed by atoms with E-state index in [0.29, 0.717) is 22.0 Å². The molecule has 1 aromatic heterocycles. The van der Waals surface area contributed by atoms with Crippen molar-refractivity contribution in [3.05, 3.63) is 36.0 Å². The monoisotopic (exact) mass is 559 g/mol. The lowest BCUT2D eigenvalue weighted by molar-refractivity contribution is 0.0426. The van der Waals surface area contributed by atoms with E-state index in [0.717, 1.165) is 0 Å². The summed E-state index contributed by atoms with van der Waals surface area (Å²) in [6.07, 6.45) is -2.83. The zero-order valence-electron chi connectivity index (χ0n) is 25.2. The summed E-state index contributed by atoms with van der Waals surface area (Å²) in [5.74, 6) is 0.178. The number of nitrogens with one attached hydrogen (secondary N) is 1. The van der Waals surface area contributed by atoms with Crippen molar-refractivity contribution >= 4 is 35.7 Å². The summed E-state index contributed by atoms with van der Waals surface area (Å²) in [6, 6.07) is 8.28. The maximum atomic E-state index is 13.5. The summed E-state index contributed by atoms with van der Waals surface area (Å²) in [5.41, 5.74) is -1.97. The molecule has 0 atom stereocenters. The van der Waals surface area contributed by atoms with Crippen molar-refractivity contribution in [1.82, 2.24) is 15.3 Å². The smallest absolute Gasteiger partial charge is 0.427 e. The highest BCUT2D eigenvalue weighted by atomic mass is 16.6. The number of hydrogen-bond donors (Lipinski definition) is 1. The van der Waals surface area contributed by atoms with Gasteiger partial charge in [0.1, 0.15) is 28.4 Å². The van der Waals surface area contributed by atoms with E-state index in [2.05, 4.69) is 15.3 Å². The number of ether oxygens (including phenoxy) is 4. The molecule has 0 aliphatic rings. The second-order valence-electron chi connectivity index (χ2n) is 11.9. The molecular formula is C28H41N5O7. The molecule has 0 spiro atoms. The first-order chi connectivity index (χ1) is 18.3. The summed E-state index contributed by atoms with van der Waals surface area (Å²) in [7, 11) is 3.21. The Balaban J connectivity index is 2.81. The molecule has 12 nitrogen and oxygen atoms in total. The summed E-state index contributed by atoms with van der Waals surface area (Å²) >= 11 is 0. The number of nitrogens with zero attached hydrogens (tertiary/aromatic N) is 4. The van der Waals surface area contributed by atoms with E-state index in [9.17, 15) is 14.4 Å². The van der Waals surface area contributed by atoms with Gasteiger partial charge in [-0.1, -0.05) is 6.07 Å². The van der Waals surface area contributed by atoms with Gasteiger partial charge in [0, 0.05) is 18.7 Å². The van der Waals surface area contributed by atoms with Crippen LogP contribution in [0, 0.1) is 0 Å². The maximum Gasteiger partial charge on any atom is 0.427 e. The number of rotatable bonds is 6. The van der Waals surface area contributed by atoms with Crippen LogP contribution in [0.4, 0.5) is 31.8 Å². The molecule has 1 heterocycles. The third-order valence-electron chi connectivity index (χ3n) is 4.58. The minimum absolute atomic E-state index is 0.0369. The van der Waals surface area contributed by atoms with Crippen LogP contribution < -0.4 is 19.9 Å². The van der Waals surface area contributed by atoms with E-state index in [-0.39, 0.29) is 18.3 Å². The average Bonchev–Trinajstić information content (AvgIpc) is 2.76. The highest BCUT2D eigenvalue weighted by Gasteiger charge is 2.36. The van der Waals surface area contributed by atoms with Crippen LogP contribution in [0.25, 0.3) is 0 Å². The van der Waals surface area contributed by atoms with Crippen LogP contribution in [-0.4, -0.2) is 59.2 Å². The first kappa shape index (κ1) is 32.3. The van der Waals surface area contributed by atoms with E-state index in [1.54, 1.807) is 99.7 Å². The molecule has 220 valence electrons. The average molecular weight is 560 g/mol. The summed E-state index contributed by atoms with van der Waals surface area (Å²) in [4.78, 5) is 50.8. The third-order valence-corrected chi connectivity index (χ3v) is 4.58. The van der Waals surface area contributed by atoms with Gasteiger partial charge in [0.05, 0.1) is 18.5 Å². The minimum atomic E-state index is -1.04. The molecule has 0 aliphatic carbocycles. The van der Waals surface area contributed by atoms with E-state index in [1.807, 2.05) is 0 Å². The van der Waals surface area contributed by atoms with Crippen LogP contribution in [0.15, 0.2) is 30.3 Å². The maximum absolute atomic E-state index is 13.5. The van der Waals surface area contributed by atoms with Gasteiger partial charge < -0.3 is 24.3 Å². The van der Waals surface area contributed by atoms with E-state index >= 15 is 0 Å². The second-order valence-corrected chi connectivity index (χ2v) is 11.9. The predicted octanol–water partition coefficient (Wildman–Crippen LogP) is 5.95. The van der Waals surface area contributed by atoms with Crippen LogP contribution in [0.5, 0.6) is 5.75 Å². The second kappa shape index (κ2) is 12.5. The van der Waals surface area contributed by atoms with Crippen LogP contribution in [-0.2, 0) is 20.8 Å². The zero-order valence-corrected chi connectivity index (χ0v) is 25.2. The topological polar surface area (TPSA) is 132 Å². The summed E-state index contributed by atoms with van der Waals surface area (Å²) in [5, 5.41) is 2.98. The zero-order chi connectivity index (χ0) is 30.5. The van der Waals surface area contributed by atoms with Crippen molar-refractivity contribution in [3.63, 3.8) is 0 Å². The first-order valence-electron chi connectivity index (χ1n) is 12.8. The van der Waals surface area contributed by atoms with Gasteiger partial charge in [-0.3, -0.25) is 0 Å². The lowest BCUT2D eigenvalue weighted by Gasteiger charge is -2.29. The van der Waals surface area contributed by atoms with Crippen LogP contribution in [0.2, 0.25) is 0 Å². The Morgan fingerprint density at radius 2 is 1.32 bits per heavy atom. The molecule has 0 saturated heterocycles. The molecule has 0 radical (unpaired) electrons. The normalized spacial score (nSPS) is 11.9. The number of carbonyl (C=O) groups excluding carboxylic acids is 3.